The minimum absolute atomic E-state index is 0.340. The Labute approximate surface area is 57.7 Å². The molecule has 0 aromatic heterocycles. The molecular formula is C4H10N4O2. The lowest BCUT2D eigenvalue weighted by Crippen LogP contribution is -2.45. The summed E-state index contributed by atoms with van der Waals surface area (Å²) in [6, 6.07) is 0. The van der Waals surface area contributed by atoms with Crippen LogP contribution in [0.4, 0.5) is 0 Å². The summed E-state index contributed by atoms with van der Waals surface area (Å²) in [5, 5.41) is 8.35. The first kappa shape index (κ1) is 8.70. The molecule has 0 amide bonds. The Hall–Kier alpha value is -1.30. The molecule has 0 fully saturated rings. The molecule has 1 atom stereocenters. The van der Waals surface area contributed by atoms with Gasteiger partial charge < -0.3 is 16.6 Å². The van der Waals surface area contributed by atoms with Crippen molar-refractivity contribution in [3.63, 3.8) is 0 Å². The lowest BCUT2D eigenvalue weighted by Gasteiger charge is -2.12. The molecule has 6 nitrogen and oxygen atoms in total. The maximum absolute atomic E-state index is 10.2. The van der Waals surface area contributed by atoms with Gasteiger partial charge in [-0.25, -0.2) is 9.79 Å². The molecule has 0 aliphatic carbocycles. The van der Waals surface area contributed by atoms with Crippen molar-refractivity contribution in [3.05, 3.63) is 0 Å². The van der Waals surface area contributed by atoms with Crippen LogP contribution in [0.1, 0.15) is 6.92 Å². The summed E-state index contributed by atoms with van der Waals surface area (Å²) >= 11 is 0. The Balaban J connectivity index is 4.42. The molecule has 0 saturated heterocycles. The molecule has 6 heteroatoms. The minimum Gasteiger partial charge on any atom is -0.478 e. The first-order valence-corrected chi connectivity index (χ1v) is 2.49. The van der Waals surface area contributed by atoms with Gasteiger partial charge in [0.1, 0.15) is 0 Å². The molecule has 58 valence electrons. The number of nitrogens with two attached hydrogens (primary N) is 3. The van der Waals surface area contributed by atoms with Gasteiger partial charge in [0.15, 0.2) is 5.96 Å². The number of guanidine groups is 1. The van der Waals surface area contributed by atoms with Gasteiger partial charge in [-0.2, -0.15) is 0 Å². The Bertz CT molecular complexity index is 170. The molecule has 0 aliphatic heterocycles. The molecule has 0 radical (unpaired) electrons. The summed E-state index contributed by atoms with van der Waals surface area (Å²) in [5.41, 5.74) is 13.2. The van der Waals surface area contributed by atoms with Gasteiger partial charge >= 0.3 is 5.97 Å². The number of carbonyl (C=O) groups is 1. The fourth-order valence-electron chi connectivity index (χ4n) is 0.316. The fraction of sp³-hybridized carbons (Fsp3) is 0.500. The van der Waals surface area contributed by atoms with Gasteiger partial charge in [0.25, 0.3) is 0 Å². The average Bonchev–Trinajstić information content (AvgIpc) is 1.60. The Kier molecular flexibility index (Phi) is 2.20. The van der Waals surface area contributed by atoms with Crippen LogP contribution in [0.3, 0.4) is 0 Å². The number of aliphatic imine (C=N–C) groups is 1. The van der Waals surface area contributed by atoms with E-state index in [1.54, 1.807) is 0 Å². The van der Waals surface area contributed by atoms with Crippen LogP contribution in [0.15, 0.2) is 4.99 Å². The first-order valence-electron chi connectivity index (χ1n) is 2.49. The third-order valence-electron chi connectivity index (χ3n) is 0.794. The second kappa shape index (κ2) is 2.53. The third kappa shape index (κ3) is 2.31. The maximum Gasteiger partial charge on any atom is 0.346 e. The molecule has 0 saturated carbocycles. The summed E-state index contributed by atoms with van der Waals surface area (Å²) in [6.07, 6.45) is 0. The number of nitrogens with zero attached hydrogens (tertiary/aromatic N) is 1. The molecule has 10 heavy (non-hydrogen) atoms. The van der Waals surface area contributed by atoms with Gasteiger partial charge in [-0.15, -0.1) is 0 Å². The summed E-state index contributed by atoms with van der Waals surface area (Å²) in [5.74, 6) is -1.62. The SMILES string of the molecule is CC(N)(N=C(N)N)C(=O)O. The molecule has 0 aromatic rings. The number of carboxylic acid groups (broad SMARTS) is 1. The van der Waals surface area contributed by atoms with Crippen LogP contribution >= 0.6 is 0 Å². The monoisotopic (exact) mass is 146 g/mol. The van der Waals surface area contributed by atoms with Crippen LogP contribution in [0.5, 0.6) is 0 Å². The van der Waals surface area contributed by atoms with Crippen molar-refractivity contribution in [2.24, 2.45) is 22.2 Å². The molecule has 0 aliphatic rings. The van der Waals surface area contributed by atoms with E-state index in [4.69, 9.17) is 22.3 Å². The molecule has 0 spiro atoms. The Morgan fingerprint density at radius 1 is 1.60 bits per heavy atom. The number of aliphatic carboxylic acids is 1. The van der Waals surface area contributed by atoms with E-state index in [2.05, 4.69) is 4.99 Å². The molecular weight excluding hydrogens is 136 g/mol. The van der Waals surface area contributed by atoms with E-state index in [1.165, 1.54) is 6.92 Å². The maximum atomic E-state index is 10.2. The highest BCUT2D eigenvalue weighted by molar-refractivity contribution is 5.83. The van der Waals surface area contributed by atoms with E-state index in [1.807, 2.05) is 0 Å². The van der Waals surface area contributed by atoms with E-state index in [0.717, 1.165) is 0 Å². The highest BCUT2D eigenvalue weighted by Gasteiger charge is 2.26. The predicted octanol–water partition coefficient (Wildman–Crippen LogP) is -1.98. The quantitative estimate of drug-likeness (QED) is 0.265. The van der Waals surface area contributed by atoms with Crippen molar-refractivity contribution in [2.45, 2.75) is 12.6 Å². The largest absolute Gasteiger partial charge is 0.478 e. The van der Waals surface area contributed by atoms with Crippen LogP contribution in [-0.2, 0) is 4.79 Å². The highest BCUT2D eigenvalue weighted by atomic mass is 16.4. The topological polar surface area (TPSA) is 128 Å². The van der Waals surface area contributed by atoms with E-state index in [9.17, 15) is 4.79 Å². The Morgan fingerprint density at radius 3 is 2.10 bits per heavy atom. The normalized spacial score (nSPS) is 15.4. The van der Waals surface area contributed by atoms with E-state index >= 15 is 0 Å². The fourth-order valence-corrected chi connectivity index (χ4v) is 0.316. The van der Waals surface area contributed by atoms with Gasteiger partial charge in [0.05, 0.1) is 0 Å². The van der Waals surface area contributed by atoms with Crippen molar-refractivity contribution in [1.82, 2.24) is 0 Å². The average molecular weight is 146 g/mol. The number of carboxylic acids is 1. The summed E-state index contributed by atoms with van der Waals surface area (Å²) in [4.78, 5) is 13.5. The van der Waals surface area contributed by atoms with Crippen molar-refractivity contribution >= 4 is 11.9 Å². The van der Waals surface area contributed by atoms with Crippen LogP contribution < -0.4 is 17.2 Å². The number of hydrogen-bond donors (Lipinski definition) is 4. The van der Waals surface area contributed by atoms with Gasteiger partial charge in [-0.05, 0) is 6.92 Å². The molecule has 1 unspecified atom stereocenters. The molecule has 0 heterocycles. The standard InChI is InChI=1S/C4H10N4O2/c1-4(7,2(9)10)8-3(5)6/h7H2,1H3,(H,9,10)(H4,5,6,8). The van der Waals surface area contributed by atoms with Crippen LogP contribution in [0, 0.1) is 0 Å². The third-order valence-corrected chi connectivity index (χ3v) is 0.794. The Morgan fingerprint density at radius 2 is 2.00 bits per heavy atom. The zero-order valence-electron chi connectivity index (χ0n) is 5.53. The van der Waals surface area contributed by atoms with Gasteiger partial charge in [0, 0.05) is 0 Å². The smallest absolute Gasteiger partial charge is 0.346 e. The highest BCUT2D eigenvalue weighted by Crippen LogP contribution is 1.98. The molecule has 0 bridgehead atoms. The zero-order valence-corrected chi connectivity index (χ0v) is 5.53. The molecule has 0 aromatic carbocycles. The second-order valence-electron chi connectivity index (χ2n) is 1.99. The van der Waals surface area contributed by atoms with E-state index in [0.29, 0.717) is 0 Å². The number of hydrogen-bond acceptors (Lipinski definition) is 3. The zero-order chi connectivity index (χ0) is 8.36. The van der Waals surface area contributed by atoms with Crippen molar-refractivity contribution in [3.8, 4) is 0 Å². The van der Waals surface area contributed by atoms with Crippen molar-refractivity contribution < 1.29 is 9.90 Å². The summed E-state index contributed by atoms with van der Waals surface area (Å²) in [6.45, 7) is 1.19. The first-order chi connectivity index (χ1) is 4.36. The van der Waals surface area contributed by atoms with Gasteiger partial charge in [-0.3, -0.25) is 5.73 Å². The molecule has 7 N–H and O–H groups in total. The lowest BCUT2D eigenvalue weighted by atomic mass is 10.2. The number of rotatable bonds is 2. The lowest BCUT2D eigenvalue weighted by molar-refractivity contribution is -0.142. The van der Waals surface area contributed by atoms with Gasteiger partial charge in [-0.1, -0.05) is 0 Å². The predicted molar refractivity (Wildman–Crippen MR) is 36.0 cm³/mol. The van der Waals surface area contributed by atoms with Crippen LogP contribution in [-0.4, -0.2) is 22.7 Å². The summed E-state index contributed by atoms with van der Waals surface area (Å²) < 4.78 is 0. The van der Waals surface area contributed by atoms with Crippen molar-refractivity contribution in [2.75, 3.05) is 0 Å². The van der Waals surface area contributed by atoms with Crippen LogP contribution in [0.25, 0.3) is 0 Å². The summed E-state index contributed by atoms with van der Waals surface area (Å²) in [7, 11) is 0. The van der Waals surface area contributed by atoms with E-state index in [-0.39, 0.29) is 5.96 Å². The van der Waals surface area contributed by atoms with Crippen LogP contribution in [0.2, 0.25) is 0 Å². The molecule has 0 rings (SSSR count). The van der Waals surface area contributed by atoms with Crippen molar-refractivity contribution in [1.29, 1.82) is 0 Å². The minimum atomic E-state index is -1.72. The second-order valence-corrected chi connectivity index (χ2v) is 1.99. The van der Waals surface area contributed by atoms with E-state index < -0.39 is 11.6 Å². The van der Waals surface area contributed by atoms with Gasteiger partial charge in [0.2, 0.25) is 5.66 Å².